The van der Waals surface area contributed by atoms with Crippen molar-refractivity contribution >= 4 is 11.8 Å². The molecular weight excluding hydrogens is 252 g/mol. The van der Waals surface area contributed by atoms with Crippen LogP contribution >= 0.6 is 0 Å². The molecule has 1 fully saturated rings. The molecule has 108 valence electrons. The summed E-state index contributed by atoms with van der Waals surface area (Å²) in [6, 6.07) is 5.90. The first-order valence-electron chi connectivity index (χ1n) is 7.17. The Hall–Kier alpha value is -1.84. The lowest BCUT2D eigenvalue weighted by Gasteiger charge is -2.35. The minimum Gasteiger partial charge on any atom is -0.339 e. The van der Waals surface area contributed by atoms with Gasteiger partial charge in [-0.15, -0.1) is 0 Å². The van der Waals surface area contributed by atoms with E-state index in [4.69, 9.17) is 0 Å². The monoisotopic (exact) mass is 274 g/mol. The second-order valence-corrected chi connectivity index (χ2v) is 5.34. The van der Waals surface area contributed by atoms with Crippen molar-refractivity contribution < 1.29 is 9.59 Å². The molecule has 1 saturated heterocycles. The van der Waals surface area contributed by atoms with Gasteiger partial charge < -0.3 is 9.80 Å². The number of piperazine rings is 1. The molecule has 20 heavy (non-hydrogen) atoms. The molecule has 0 bridgehead atoms. The number of carbonyl (C=O) groups excluding carboxylic acids is 2. The van der Waals surface area contributed by atoms with E-state index in [0.717, 1.165) is 16.7 Å². The van der Waals surface area contributed by atoms with Crippen molar-refractivity contribution in [3.63, 3.8) is 0 Å². The van der Waals surface area contributed by atoms with Gasteiger partial charge in [0.2, 0.25) is 5.91 Å². The van der Waals surface area contributed by atoms with E-state index < -0.39 is 0 Å². The van der Waals surface area contributed by atoms with E-state index >= 15 is 0 Å². The smallest absolute Gasteiger partial charge is 0.254 e. The van der Waals surface area contributed by atoms with Crippen molar-refractivity contribution in [3.05, 3.63) is 34.9 Å². The minimum absolute atomic E-state index is 0.0751. The zero-order chi connectivity index (χ0) is 14.7. The van der Waals surface area contributed by atoms with Crippen LogP contribution in [0.15, 0.2) is 18.2 Å². The molecule has 2 rings (SSSR count). The van der Waals surface area contributed by atoms with Crippen molar-refractivity contribution in [1.29, 1.82) is 0 Å². The molecule has 0 aromatic heterocycles. The molecule has 1 heterocycles. The van der Waals surface area contributed by atoms with Crippen LogP contribution in [0.1, 0.15) is 34.8 Å². The van der Waals surface area contributed by atoms with Gasteiger partial charge in [-0.05, 0) is 25.5 Å². The van der Waals surface area contributed by atoms with Gasteiger partial charge in [-0.3, -0.25) is 9.59 Å². The molecule has 4 heteroatoms. The summed E-state index contributed by atoms with van der Waals surface area (Å²) in [5, 5.41) is 0. The fourth-order valence-electron chi connectivity index (χ4n) is 2.61. The average molecular weight is 274 g/mol. The van der Waals surface area contributed by atoms with Crippen LogP contribution < -0.4 is 0 Å². The molecule has 0 atom stereocenters. The third-order valence-corrected chi connectivity index (χ3v) is 3.83. The number of hydrogen-bond acceptors (Lipinski definition) is 2. The van der Waals surface area contributed by atoms with Gasteiger partial charge in [-0.1, -0.05) is 24.6 Å². The van der Waals surface area contributed by atoms with Crippen LogP contribution in [-0.2, 0) is 4.79 Å². The SMILES string of the molecule is CCC(=O)N1CCN(C(=O)c2ccc(C)cc2C)CC1. The summed E-state index contributed by atoms with van der Waals surface area (Å²) in [6.45, 7) is 8.39. The lowest BCUT2D eigenvalue weighted by molar-refractivity contribution is -0.132. The third-order valence-electron chi connectivity index (χ3n) is 3.83. The molecule has 2 amide bonds. The maximum Gasteiger partial charge on any atom is 0.254 e. The Balaban J connectivity index is 2.03. The molecule has 1 aliphatic rings. The van der Waals surface area contributed by atoms with Crippen molar-refractivity contribution in [1.82, 2.24) is 9.80 Å². The molecule has 0 unspecified atom stereocenters. The number of amides is 2. The summed E-state index contributed by atoms with van der Waals surface area (Å²) in [5.74, 6) is 0.245. The second kappa shape index (κ2) is 6.07. The zero-order valence-electron chi connectivity index (χ0n) is 12.5. The predicted octanol–water partition coefficient (Wildman–Crippen LogP) is 2.00. The normalized spacial score (nSPS) is 15.3. The van der Waals surface area contributed by atoms with Crippen LogP contribution in [0.4, 0.5) is 0 Å². The van der Waals surface area contributed by atoms with Crippen molar-refractivity contribution in [2.45, 2.75) is 27.2 Å². The van der Waals surface area contributed by atoms with E-state index in [1.54, 1.807) is 0 Å². The first kappa shape index (κ1) is 14.6. The van der Waals surface area contributed by atoms with E-state index in [1.807, 2.05) is 48.8 Å². The van der Waals surface area contributed by atoms with Gasteiger partial charge >= 0.3 is 0 Å². The second-order valence-electron chi connectivity index (χ2n) is 5.34. The van der Waals surface area contributed by atoms with E-state index in [0.29, 0.717) is 32.6 Å². The van der Waals surface area contributed by atoms with Gasteiger partial charge in [-0.2, -0.15) is 0 Å². The molecule has 0 saturated carbocycles. The first-order chi connectivity index (χ1) is 9.52. The lowest BCUT2D eigenvalue weighted by Crippen LogP contribution is -2.50. The van der Waals surface area contributed by atoms with E-state index in [2.05, 4.69) is 0 Å². The van der Waals surface area contributed by atoms with Crippen LogP contribution in [0.5, 0.6) is 0 Å². The fourth-order valence-corrected chi connectivity index (χ4v) is 2.61. The summed E-state index contributed by atoms with van der Waals surface area (Å²) >= 11 is 0. The Morgan fingerprint density at radius 2 is 1.65 bits per heavy atom. The number of rotatable bonds is 2. The van der Waals surface area contributed by atoms with Crippen LogP contribution in [0.3, 0.4) is 0 Å². The average Bonchev–Trinajstić information content (AvgIpc) is 2.46. The Morgan fingerprint density at radius 3 is 2.20 bits per heavy atom. The summed E-state index contributed by atoms with van der Waals surface area (Å²) in [4.78, 5) is 27.8. The topological polar surface area (TPSA) is 40.6 Å². The summed E-state index contributed by atoms with van der Waals surface area (Å²) < 4.78 is 0. The van der Waals surface area contributed by atoms with Gasteiger partial charge in [-0.25, -0.2) is 0 Å². The highest BCUT2D eigenvalue weighted by Gasteiger charge is 2.24. The molecule has 0 aliphatic carbocycles. The van der Waals surface area contributed by atoms with E-state index in [9.17, 15) is 9.59 Å². The first-order valence-corrected chi connectivity index (χ1v) is 7.17. The molecule has 0 radical (unpaired) electrons. The Bertz CT molecular complexity index is 517. The molecule has 1 aliphatic heterocycles. The van der Waals surface area contributed by atoms with Gasteiger partial charge in [0.15, 0.2) is 0 Å². The molecule has 0 N–H and O–H groups in total. The highest BCUT2D eigenvalue weighted by molar-refractivity contribution is 5.95. The van der Waals surface area contributed by atoms with Gasteiger partial charge in [0.25, 0.3) is 5.91 Å². The summed E-state index contributed by atoms with van der Waals surface area (Å²) in [7, 11) is 0. The maximum atomic E-state index is 12.5. The Kier molecular flexibility index (Phi) is 4.42. The van der Waals surface area contributed by atoms with E-state index in [-0.39, 0.29) is 11.8 Å². The van der Waals surface area contributed by atoms with Crippen LogP contribution in [0.2, 0.25) is 0 Å². The molecular formula is C16H22N2O2. The molecule has 1 aromatic carbocycles. The quantitative estimate of drug-likeness (QED) is 0.827. The third kappa shape index (κ3) is 3.00. The number of aryl methyl sites for hydroxylation is 2. The van der Waals surface area contributed by atoms with Gasteiger partial charge in [0, 0.05) is 38.2 Å². The lowest BCUT2D eigenvalue weighted by atomic mass is 10.0. The number of nitrogens with zero attached hydrogens (tertiary/aromatic N) is 2. The largest absolute Gasteiger partial charge is 0.339 e. The van der Waals surface area contributed by atoms with Crippen LogP contribution in [0.25, 0.3) is 0 Å². The minimum atomic E-state index is 0.0751. The number of hydrogen-bond donors (Lipinski definition) is 0. The highest BCUT2D eigenvalue weighted by atomic mass is 16.2. The van der Waals surface area contributed by atoms with Crippen molar-refractivity contribution in [2.75, 3.05) is 26.2 Å². The van der Waals surface area contributed by atoms with Crippen LogP contribution in [-0.4, -0.2) is 47.8 Å². The Morgan fingerprint density at radius 1 is 1.05 bits per heavy atom. The van der Waals surface area contributed by atoms with Gasteiger partial charge in [0.05, 0.1) is 0 Å². The Labute approximate surface area is 120 Å². The van der Waals surface area contributed by atoms with Crippen molar-refractivity contribution in [3.8, 4) is 0 Å². The van der Waals surface area contributed by atoms with Crippen LogP contribution in [0, 0.1) is 13.8 Å². The van der Waals surface area contributed by atoms with E-state index in [1.165, 1.54) is 0 Å². The molecule has 1 aromatic rings. The number of carbonyl (C=O) groups is 2. The fraction of sp³-hybridized carbons (Fsp3) is 0.500. The summed E-state index contributed by atoms with van der Waals surface area (Å²) in [5.41, 5.74) is 2.95. The maximum absolute atomic E-state index is 12.5. The highest BCUT2D eigenvalue weighted by Crippen LogP contribution is 2.15. The zero-order valence-corrected chi connectivity index (χ0v) is 12.5. The number of benzene rings is 1. The van der Waals surface area contributed by atoms with Crippen molar-refractivity contribution in [2.24, 2.45) is 0 Å². The molecule has 4 nitrogen and oxygen atoms in total. The summed E-state index contributed by atoms with van der Waals surface area (Å²) in [6.07, 6.45) is 0.533. The standard InChI is InChI=1S/C16H22N2O2/c1-4-15(19)17-7-9-18(10-8-17)16(20)14-6-5-12(2)11-13(14)3/h5-6,11H,4,7-10H2,1-3H3. The van der Waals surface area contributed by atoms with Gasteiger partial charge in [0.1, 0.15) is 0 Å². The molecule has 0 spiro atoms. The predicted molar refractivity (Wildman–Crippen MR) is 78.7 cm³/mol.